The quantitative estimate of drug-likeness (QED) is 0.778. The molecular weight excluding hydrogens is 230 g/mol. The Hall–Kier alpha value is -1.46. The van der Waals surface area contributed by atoms with Crippen molar-refractivity contribution in [3.8, 4) is 0 Å². The van der Waals surface area contributed by atoms with Gasteiger partial charge in [-0.1, -0.05) is 13.0 Å². The van der Waals surface area contributed by atoms with Crippen LogP contribution in [-0.2, 0) is 16.1 Å². The lowest BCUT2D eigenvalue weighted by atomic mass is 10.2. The molecule has 18 heavy (non-hydrogen) atoms. The van der Waals surface area contributed by atoms with E-state index in [2.05, 4.69) is 4.98 Å². The Morgan fingerprint density at radius 2 is 2.33 bits per heavy atom. The zero-order chi connectivity index (χ0) is 13.4. The zero-order valence-corrected chi connectivity index (χ0v) is 11.0. The third kappa shape index (κ3) is 4.43. The summed E-state index contributed by atoms with van der Waals surface area (Å²) >= 11 is 0. The van der Waals surface area contributed by atoms with E-state index in [1.807, 2.05) is 25.1 Å². The molecule has 1 aromatic heterocycles. The van der Waals surface area contributed by atoms with E-state index < -0.39 is 6.04 Å². The zero-order valence-electron chi connectivity index (χ0n) is 11.0. The van der Waals surface area contributed by atoms with Crippen LogP contribution in [0.15, 0.2) is 24.4 Å². The molecule has 1 amide bonds. The van der Waals surface area contributed by atoms with Gasteiger partial charge in [0, 0.05) is 19.9 Å². The number of carbonyl (C=O) groups excluding carboxylic acids is 1. The molecule has 0 saturated heterocycles. The molecule has 0 fully saturated rings. The third-order valence-electron chi connectivity index (χ3n) is 2.71. The summed E-state index contributed by atoms with van der Waals surface area (Å²) in [5.41, 5.74) is 6.64. The average molecular weight is 251 g/mol. The van der Waals surface area contributed by atoms with Gasteiger partial charge >= 0.3 is 0 Å². The second-order valence-corrected chi connectivity index (χ2v) is 4.09. The Morgan fingerprint density at radius 1 is 1.56 bits per heavy atom. The Labute approximate surface area is 108 Å². The molecule has 5 heteroatoms. The fourth-order valence-electron chi connectivity index (χ4n) is 1.56. The maximum Gasteiger partial charge on any atom is 0.239 e. The van der Waals surface area contributed by atoms with Gasteiger partial charge in [-0.25, -0.2) is 0 Å². The van der Waals surface area contributed by atoms with Crippen molar-refractivity contribution in [2.45, 2.75) is 25.9 Å². The van der Waals surface area contributed by atoms with Gasteiger partial charge in [0.05, 0.1) is 24.9 Å². The van der Waals surface area contributed by atoms with Crippen molar-refractivity contribution in [1.29, 1.82) is 0 Å². The van der Waals surface area contributed by atoms with Crippen molar-refractivity contribution in [3.05, 3.63) is 30.1 Å². The van der Waals surface area contributed by atoms with Crippen LogP contribution in [0.5, 0.6) is 0 Å². The Kier molecular flexibility index (Phi) is 6.32. The van der Waals surface area contributed by atoms with Crippen molar-refractivity contribution >= 4 is 5.91 Å². The van der Waals surface area contributed by atoms with Gasteiger partial charge in [0.25, 0.3) is 0 Å². The highest BCUT2D eigenvalue weighted by Gasteiger charge is 2.19. The molecule has 0 saturated carbocycles. The van der Waals surface area contributed by atoms with Crippen molar-refractivity contribution < 1.29 is 9.53 Å². The Balaban J connectivity index is 2.69. The number of methoxy groups -OCH3 is 1. The summed E-state index contributed by atoms with van der Waals surface area (Å²) < 4.78 is 5.02. The number of aromatic nitrogens is 1. The second-order valence-electron chi connectivity index (χ2n) is 4.09. The molecule has 0 aliphatic carbocycles. The van der Waals surface area contributed by atoms with Crippen LogP contribution in [-0.4, -0.2) is 42.1 Å². The predicted octanol–water partition coefficient (Wildman–Crippen LogP) is 0.794. The normalized spacial score (nSPS) is 12.2. The van der Waals surface area contributed by atoms with Gasteiger partial charge in [-0.3, -0.25) is 9.78 Å². The van der Waals surface area contributed by atoms with Crippen LogP contribution in [0, 0.1) is 0 Å². The molecule has 0 bridgehead atoms. The van der Waals surface area contributed by atoms with Crippen LogP contribution in [0.1, 0.15) is 19.0 Å². The molecule has 5 nitrogen and oxygen atoms in total. The molecule has 100 valence electrons. The summed E-state index contributed by atoms with van der Waals surface area (Å²) in [6.07, 6.45) is 2.35. The van der Waals surface area contributed by atoms with Crippen LogP contribution in [0.4, 0.5) is 0 Å². The molecule has 1 rings (SSSR count). The first-order chi connectivity index (χ1) is 8.69. The number of hydrogen-bond acceptors (Lipinski definition) is 4. The lowest BCUT2D eigenvalue weighted by Gasteiger charge is -2.24. The van der Waals surface area contributed by atoms with E-state index in [9.17, 15) is 4.79 Å². The van der Waals surface area contributed by atoms with Gasteiger partial charge in [-0.2, -0.15) is 0 Å². The molecule has 1 atom stereocenters. The standard InChI is InChI=1S/C13H21N3O2/c1-3-12(14)13(17)16(8-9-18-2)10-11-6-4-5-7-15-11/h4-7,12H,3,8-10,14H2,1-2H3. The molecule has 0 aliphatic heterocycles. The van der Waals surface area contributed by atoms with Gasteiger partial charge in [0.15, 0.2) is 0 Å². The molecule has 0 radical (unpaired) electrons. The van der Waals surface area contributed by atoms with E-state index in [1.165, 1.54) is 0 Å². The molecule has 0 aliphatic rings. The van der Waals surface area contributed by atoms with Crippen LogP contribution < -0.4 is 5.73 Å². The number of pyridine rings is 1. The van der Waals surface area contributed by atoms with Gasteiger partial charge < -0.3 is 15.4 Å². The highest BCUT2D eigenvalue weighted by molar-refractivity contribution is 5.81. The molecule has 0 aromatic carbocycles. The smallest absolute Gasteiger partial charge is 0.239 e. The van der Waals surface area contributed by atoms with Gasteiger partial charge in [0.2, 0.25) is 5.91 Å². The van der Waals surface area contributed by atoms with Crippen LogP contribution in [0.3, 0.4) is 0 Å². The topological polar surface area (TPSA) is 68.5 Å². The maximum atomic E-state index is 12.1. The number of hydrogen-bond donors (Lipinski definition) is 1. The summed E-state index contributed by atoms with van der Waals surface area (Å²) in [7, 11) is 1.61. The van der Waals surface area contributed by atoms with Crippen molar-refractivity contribution in [1.82, 2.24) is 9.88 Å². The second kappa shape index (κ2) is 7.79. The van der Waals surface area contributed by atoms with Gasteiger partial charge in [-0.05, 0) is 18.6 Å². The first-order valence-corrected chi connectivity index (χ1v) is 6.12. The van der Waals surface area contributed by atoms with Crippen LogP contribution in [0.25, 0.3) is 0 Å². The summed E-state index contributed by atoms with van der Waals surface area (Å²) in [6, 6.07) is 5.19. The largest absolute Gasteiger partial charge is 0.383 e. The Morgan fingerprint density at radius 3 is 2.89 bits per heavy atom. The molecule has 1 heterocycles. The van der Waals surface area contributed by atoms with E-state index in [0.717, 1.165) is 5.69 Å². The minimum atomic E-state index is -0.453. The maximum absolute atomic E-state index is 12.1. The third-order valence-corrected chi connectivity index (χ3v) is 2.71. The molecule has 1 unspecified atom stereocenters. The van der Waals surface area contributed by atoms with Crippen molar-refractivity contribution in [3.63, 3.8) is 0 Å². The number of ether oxygens (including phenoxy) is 1. The number of nitrogens with two attached hydrogens (primary N) is 1. The van der Waals surface area contributed by atoms with E-state index in [4.69, 9.17) is 10.5 Å². The number of rotatable bonds is 7. The highest BCUT2D eigenvalue weighted by atomic mass is 16.5. The monoisotopic (exact) mass is 251 g/mol. The summed E-state index contributed by atoms with van der Waals surface area (Å²) in [6.45, 7) is 3.39. The predicted molar refractivity (Wildman–Crippen MR) is 69.8 cm³/mol. The fourth-order valence-corrected chi connectivity index (χ4v) is 1.56. The number of carbonyl (C=O) groups is 1. The molecule has 1 aromatic rings. The van der Waals surface area contributed by atoms with E-state index in [0.29, 0.717) is 26.1 Å². The van der Waals surface area contributed by atoms with E-state index >= 15 is 0 Å². The van der Waals surface area contributed by atoms with Crippen LogP contribution in [0.2, 0.25) is 0 Å². The van der Waals surface area contributed by atoms with Gasteiger partial charge in [-0.15, -0.1) is 0 Å². The minimum absolute atomic E-state index is 0.0554. The SMILES string of the molecule is CCC(N)C(=O)N(CCOC)Cc1ccccn1. The number of amides is 1. The number of nitrogens with zero attached hydrogens (tertiary/aromatic N) is 2. The minimum Gasteiger partial charge on any atom is -0.383 e. The molecular formula is C13H21N3O2. The summed E-state index contributed by atoms with van der Waals surface area (Å²) in [5.74, 6) is -0.0554. The first kappa shape index (κ1) is 14.6. The fraction of sp³-hybridized carbons (Fsp3) is 0.538. The highest BCUT2D eigenvalue weighted by Crippen LogP contribution is 2.04. The van der Waals surface area contributed by atoms with E-state index in [1.54, 1.807) is 18.2 Å². The van der Waals surface area contributed by atoms with Crippen molar-refractivity contribution in [2.24, 2.45) is 5.73 Å². The molecule has 0 spiro atoms. The lowest BCUT2D eigenvalue weighted by molar-refractivity contribution is -0.134. The molecule has 2 N–H and O–H groups in total. The first-order valence-electron chi connectivity index (χ1n) is 6.12. The summed E-state index contributed by atoms with van der Waals surface area (Å²) in [4.78, 5) is 18.0. The summed E-state index contributed by atoms with van der Waals surface area (Å²) in [5, 5.41) is 0. The Bertz CT molecular complexity index is 357. The van der Waals surface area contributed by atoms with Crippen LogP contribution >= 0.6 is 0 Å². The average Bonchev–Trinajstić information content (AvgIpc) is 2.42. The lowest BCUT2D eigenvalue weighted by Crippen LogP contribution is -2.44. The van der Waals surface area contributed by atoms with Gasteiger partial charge in [0.1, 0.15) is 0 Å². The van der Waals surface area contributed by atoms with E-state index in [-0.39, 0.29) is 5.91 Å². The van der Waals surface area contributed by atoms with Crippen molar-refractivity contribution in [2.75, 3.05) is 20.3 Å².